The van der Waals surface area contributed by atoms with Gasteiger partial charge in [0.2, 0.25) is 5.91 Å². The van der Waals surface area contributed by atoms with Crippen LogP contribution in [0.4, 0.5) is 18.9 Å². The molecule has 0 spiro atoms. The number of anilines is 1. The summed E-state index contributed by atoms with van der Waals surface area (Å²) in [5.74, 6) is -0.748. The average Bonchev–Trinajstić information content (AvgIpc) is 2.28. The number of hydrogen-bond donors (Lipinski definition) is 1. The number of amides is 1. The summed E-state index contributed by atoms with van der Waals surface area (Å²) in [5.41, 5.74) is 0.460. The number of carbonyl (C=O) groups is 1. The number of alkyl halides is 3. The smallest absolute Gasteiger partial charge is 0.362 e. The van der Waals surface area contributed by atoms with Crippen molar-refractivity contribution in [1.82, 2.24) is 0 Å². The molecule has 7 heteroatoms. The summed E-state index contributed by atoms with van der Waals surface area (Å²) in [4.78, 5) is 11.3. The molecule has 0 heterocycles. The van der Waals surface area contributed by atoms with Crippen molar-refractivity contribution in [1.29, 1.82) is 5.26 Å². The standard InChI is InChI=1S/C11H9F3N2O2/c12-11(13,14)7-18-6-10(17)16-9-4-2-1-3-8(9)5-15/h1-4H,6-7H2,(H,16,17). The fourth-order valence-electron chi connectivity index (χ4n) is 1.14. The van der Waals surface area contributed by atoms with Gasteiger partial charge >= 0.3 is 6.18 Å². The molecule has 0 bridgehead atoms. The predicted octanol–water partition coefficient (Wildman–Crippen LogP) is 2.08. The molecule has 96 valence electrons. The van der Waals surface area contributed by atoms with E-state index in [1.807, 2.05) is 6.07 Å². The number of nitriles is 1. The minimum absolute atomic E-state index is 0.224. The maximum atomic E-state index is 11.8. The zero-order valence-electron chi connectivity index (χ0n) is 9.12. The van der Waals surface area contributed by atoms with Gasteiger partial charge in [-0.1, -0.05) is 12.1 Å². The fourth-order valence-corrected chi connectivity index (χ4v) is 1.14. The second kappa shape index (κ2) is 6.02. The lowest BCUT2D eigenvalue weighted by Gasteiger charge is -2.09. The quantitative estimate of drug-likeness (QED) is 0.899. The van der Waals surface area contributed by atoms with E-state index in [0.717, 1.165) is 0 Å². The molecular weight excluding hydrogens is 249 g/mol. The van der Waals surface area contributed by atoms with Crippen molar-refractivity contribution in [2.75, 3.05) is 18.5 Å². The lowest BCUT2D eigenvalue weighted by molar-refractivity contribution is -0.174. The van der Waals surface area contributed by atoms with Crippen molar-refractivity contribution in [3.8, 4) is 6.07 Å². The van der Waals surface area contributed by atoms with Crippen molar-refractivity contribution < 1.29 is 22.7 Å². The number of halogens is 3. The molecule has 4 nitrogen and oxygen atoms in total. The minimum atomic E-state index is -4.47. The molecule has 0 fully saturated rings. The zero-order chi connectivity index (χ0) is 13.6. The van der Waals surface area contributed by atoms with Gasteiger partial charge in [0.05, 0.1) is 11.3 Å². The van der Waals surface area contributed by atoms with Crippen LogP contribution in [0.3, 0.4) is 0 Å². The summed E-state index contributed by atoms with van der Waals surface area (Å²) in [7, 11) is 0. The number of carbonyl (C=O) groups excluding carboxylic acids is 1. The molecule has 0 radical (unpaired) electrons. The van der Waals surface area contributed by atoms with E-state index in [1.165, 1.54) is 12.1 Å². The van der Waals surface area contributed by atoms with Crippen LogP contribution >= 0.6 is 0 Å². The molecule has 0 unspecified atom stereocenters. The molecule has 1 amide bonds. The highest BCUT2D eigenvalue weighted by atomic mass is 19.4. The van der Waals surface area contributed by atoms with Crippen molar-refractivity contribution in [3.63, 3.8) is 0 Å². The number of benzene rings is 1. The number of ether oxygens (including phenoxy) is 1. The highest BCUT2D eigenvalue weighted by Gasteiger charge is 2.27. The van der Waals surface area contributed by atoms with Crippen LogP contribution in [0.15, 0.2) is 24.3 Å². The molecule has 0 atom stereocenters. The van der Waals surface area contributed by atoms with E-state index in [-0.39, 0.29) is 11.3 Å². The van der Waals surface area contributed by atoms with E-state index in [1.54, 1.807) is 12.1 Å². The van der Waals surface area contributed by atoms with Crippen LogP contribution in [0.25, 0.3) is 0 Å². The Kier molecular flexibility index (Phi) is 4.68. The lowest BCUT2D eigenvalue weighted by atomic mass is 10.2. The van der Waals surface area contributed by atoms with Crippen molar-refractivity contribution in [2.45, 2.75) is 6.18 Å². The first-order valence-electron chi connectivity index (χ1n) is 4.86. The first-order chi connectivity index (χ1) is 8.42. The third-order valence-electron chi connectivity index (χ3n) is 1.82. The topological polar surface area (TPSA) is 62.1 Å². The van der Waals surface area contributed by atoms with Gasteiger partial charge in [0.25, 0.3) is 0 Å². The van der Waals surface area contributed by atoms with Crippen molar-refractivity contribution >= 4 is 11.6 Å². The molecule has 1 N–H and O–H groups in total. The fraction of sp³-hybridized carbons (Fsp3) is 0.273. The highest BCUT2D eigenvalue weighted by Crippen LogP contribution is 2.15. The summed E-state index contributed by atoms with van der Waals surface area (Å²) in [6.07, 6.45) is -4.47. The van der Waals surface area contributed by atoms with E-state index in [0.29, 0.717) is 0 Å². The van der Waals surface area contributed by atoms with Crippen molar-refractivity contribution in [3.05, 3.63) is 29.8 Å². The Balaban J connectivity index is 2.48. The molecule has 0 saturated heterocycles. The van der Waals surface area contributed by atoms with Gasteiger partial charge in [0.15, 0.2) is 0 Å². The SMILES string of the molecule is N#Cc1ccccc1NC(=O)COCC(F)(F)F. The van der Waals surface area contributed by atoms with Gasteiger partial charge in [-0.2, -0.15) is 18.4 Å². The summed E-state index contributed by atoms with van der Waals surface area (Å²) in [6.45, 7) is -2.21. The Morgan fingerprint density at radius 2 is 2.06 bits per heavy atom. The monoisotopic (exact) mass is 258 g/mol. The van der Waals surface area contributed by atoms with Crippen molar-refractivity contribution in [2.24, 2.45) is 0 Å². The van der Waals surface area contributed by atoms with Gasteiger partial charge in [-0.3, -0.25) is 4.79 Å². The van der Waals surface area contributed by atoms with Crippen LogP contribution < -0.4 is 5.32 Å². The second-order valence-electron chi connectivity index (χ2n) is 3.31. The summed E-state index contributed by atoms with van der Waals surface area (Å²) < 4.78 is 39.4. The van der Waals surface area contributed by atoms with E-state index >= 15 is 0 Å². The molecule has 1 rings (SSSR count). The Labute approximate surface area is 101 Å². The average molecular weight is 258 g/mol. The first-order valence-corrected chi connectivity index (χ1v) is 4.86. The molecule has 0 aromatic heterocycles. The van der Waals surface area contributed by atoms with Crippen LogP contribution in [-0.4, -0.2) is 25.3 Å². The number of para-hydroxylation sites is 1. The first kappa shape index (κ1) is 14.0. The maximum absolute atomic E-state index is 11.8. The number of nitrogens with zero attached hydrogens (tertiary/aromatic N) is 1. The van der Waals surface area contributed by atoms with Gasteiger partial charge < -0.3 is 10.1 Å². The van der Waals surface area contributed by atoms with Crippen LogP contribution in [0.2, 0.25) is 0 Å². The van der Waals surface area contributed by atoms with Crippen LogP contribution in [-0.2, 0) is 9.53 Å². The molecule has 0 saturated carbocycles. The summed E-state index contributed by atoms with van der Waals surface area (Å²) in [5, 5.41) is 11.0. The molecule has 0 aliphatic heterocycles. The van der Waals surface area contributed by atoms with E-state index < -0.39 is 25.3 Å². The molecule has 1 aromatic carbocycles. The molecule has 0 aliphatic carbocycles. The molecular formula is C11H9F3N2O2. The van der Waals surface area contributed by atoms with Gasteiger partial charge in [0, 0.05) is 0 Å². The third kappa shape index (κ3) is 4.84. The lowest BCUT2D eigenvalue weighted by Crippen LogP contribution is -2.24. The second-order valence-corrected chi connectivity index (χ2v) is 3.31. The summed E-state index contributed by atoms with van der Waals surface area (Å²) in [6, 6.07) is 7.99. The summed E-state index contributed by atoms with van der Waals surface area (Å²) >= 11 is 0. The zero-order valence-corrected chi connectivity index (χ0v) is 9.12. The van der Waals surface area contributed by atoms with E-state index in [4.69, 9.17) is 5.26 Å². The Bertz CT molecular complexity index is 466. The number of hydrogen-bond acceptors (Lipinski definition) is 3. The van der Waals surface area contributed by atoms with Crippen LogP contribution in [0, 0.1) is 11.3 Å². The largest absolute Gasteiger partial charge is 0.411 e. The van der Waals surface area contributed by atoms with E-state index in [2.05, 4.69) is 10.1 Å². The normalized spacial score (nSPS) is 10.8. The van der Waals surface area contributed by atoms with Crippen LogP contribution in [0.1, 0.15) is 5.56 Å². The number of nitrogens with one attached hydrogen (secondary N) is 1. The van der Waals surface area contributed by atoms with Gasteiger partial charge in [-0.15, -0.1) is 0 Å². The minimum Gasteiger partial charge on any atom is -0.362 e. The molecule has 0 aliphatic rings. The Hall–Kier alpha value is -2.07. The highest BCUT2D eigenvalue weighted by molar-refractivity contribution is 5.92. The van der Waals surface area contributed by atoms with E-state index in [9.17, 15) is 18.0 Å². The predicted molar refractivity (Wildman–Crippen MR) is 56.7 cm³/mol. The third-order valence-corrected chi connectivity index (χ3v) is 1.82. The van der Waals surface area contributed by atoms with Gasteiger partial charge in [0.1, 0.15) is 19.3 Å². The Morgan fingerprint density at radius 1 is 1.39 bits per heavy atom. The van der Waals surface area contributed by atoms with Gasteiger partial charge in [-0.05, 0) is 12.1 Å². The van der Waals surface area contributed by atoms with Crippen LogP contribution in [0.5, 0.6) is 0 Å². The maximum Gasteiger partial charge on any atom is 0.411 e. The van der Waals surface area contributed by atoms with Gasteiger partial charge in [-0.25, -0.2) is 0 Å². The number of rotatable bonds is 4. The Morgan fingerprint density at radius 3 is 2.67 bits per heavy atom. The molecule has 18 heavy (non-hydrogen) atoms. The molecule has 1 aromatic rings.